The minimum absolute atomic E-state index is 0.0340. The number of likely N-dealkylation sites (tertiary alicyclic amines) is 1. The number of methoxy groups -OCH3 is 1. The maximum atomic E-state index is 13.2. The van der Waals surface area contributed by atoms with Crippen LogP contribution in [0, 0.1) is 5.92 Å². The Morgan fingerprint density at radius 3 is 2.14 bits per heavy atom. The number of aliphatic hydroxyl groups is 1. The molecule has 0 bridgehead atoms. The van der Waals surface area contributed by atoms with E-state index in [4.69, 9.17) is 21.1 Å². The van der Waals surface area contributed by atoms with Gasteiger partial charge < -0.3 is 19.5 Å². The van der Waals surface area contributed by atoms with Gasteiger partial charge in [0.05, 0.1) is 25.3 Å². The Morgan fingerprint density at radius 1 is 0.944 bits per heavy atom. The molecule has 4 rings (SSSR count). The minimum Gasteiger partial charge on any atom is -0.507 e. The molecule has 6 nitrogen and oxygen atoms in total. The quantitative estimate of drug-likeness (QED) is 0.231. The van der Waals surface area contributed by atoms with E-state index in [1.54, 1.807) is 67.8 Å². The highest BCUT2D eigenvalue weighted by molar-refractivity contribution is 6.46. The molecule has 3 aromatic carbocycles. The van der Waals surface area contributed by atoms with Crippen molar-refractivity contribution in [1.29, 1.82) is 0 Å². The smallest absolute Gasteiger partial charge is 0.295 e. The van der Waals surface area contributed by atoms with E-state index in [2.05, 4.69) is 13.8 Å². The molecule has 1 atom stereocenters. The van der Waals surface area contributed by atoms with Crippen molar-refractivity contribution in [1.82, 2.24) is 4.90 Å². The molecular weight excluding hydrogens is 478 g/mol. The fraction of sp³-hybridized carbons (Fsp3) is 0.241. The van der Waals surface area contributed by atoms with E-state index in [9.17, 15) is 14.7 Å². The summed E-state index contributed by atoms with van der Waals surface area (Å²) in [7, 11) is 1.58. The molecular formula is C29H28ClNO5. The highest BCUT2D eigenvalue weighted by atomic mass is 35.5. The number of ketones is 1. The number of hydrogen-bond donors (Lipinski definition) is 1. The number of amides is 1. The second-order valence-corrected chi connectivity index (χ2v) is 9.49. The number of benzene rings is 3. The monoisotopic (exact) mass is 505 g/mol. The molecule has 1 aliphatic rings. The van der Waals surface area contributed by atoms with E-state index in [0.29, 0.717) is 40.2 Å². The number of halogens is 1. The molecule has 1 heterocycles. The van der Waals surface area contributed by atoms with E-state index in [0.717, 1.165) is 5.56 Å². The first-order chi connectivity index (χ1) is 17.3. The standard InChI is InChI=1S/C29H28ClNO5/c1-18(2)17-36-24-14-8-21(9-15-24)27(32)25-26(20-6-10-22(30)11-7-20)31(29(34)28(25)33)16-19-4-12-23(35-3)13-5-19/h4-15,18,26,32H,16-17H2,1-3H3/b27-25-. The van der Waals surface area contributed by atoms with Crippen LogP contribution in [-0.2, 0) is 16.1 Å². The van der Waals surface area contributed by atoms with E-state index in [1.807, 2.05) is 12.1 Å². The molecule has 0 spiro atoms. The summed E-state index contributed by atoms with van der Waals surface area (Å²) < 4.78 is 10.9. The predicted molar refractivity (Wildman–Crippen MR) is 139 cm³/mol. The number of rotatable bonds is 8. The summed E-state index contributed by atoms with van der Waals surface area (Å²) in [6.07, 6.45) is 0. The van der Waals surface area contributed by atoms with Crippen molar-refractivity contribution in [2.75, 3.05) is 13.7 Å². The van der Waals surface area contributed by atoms with Gasteiger partial charge in [-0.25, -0.2) is 0 Å². The Morgan fingerprint density at radius 2 is 1.56 bits per heavy atom. The summed E-state index contributed by atoms with van der Waals surface area (Å²) in [5.74, 6) is 0.0794. The zero-order valence-corrected chi connectivity index (χ0v) is 21.2. The van der Waals surface area contributed by atoms with Crippen LogP contribution < -0.4 is 9.47 Å². The van der Waals surface area contributed by atoms with Crippen LogP contribution in [0.4, 0.5) is 0 Å². The van der Waals surface area contributed by atoms with Gasteiger partial charge in [-0.3, -0.25) is 9.59 Å². The van der Waals surface area contributed by atoms with Gasteiger partial charge in [-0.05, 0) is 65.6 Å². The summed E-state index contributed by atoms with van der Waals surface area (Å²) in [6, 6.07) is 20.3. The van der Waals surface area contributed by atoms with Crippen molar-refractivity contribution in [3.63, 3.8) is 0 Å². The lowest BCUT2D eigenvalue weighted by molar-refractivity contribution is -0.140. The lowest BCUT2D eigenvalue weighted by atomic mass is 9.95. The molecule has 7 heteroatoms. The molecule has 36 heavy (non-hydrogen) atoms. The molecule has 1 amide bonds. The van der Waals surface area contributed by atoms with E-state index < -0.39 is 17.7 Å². The molecule has 1 N–H and O–H groups in total. The molecule has 0 saturated carbocycles. The first-order valence-corrected chi connectivity index (χ1v) is 12.1. The van der Waals surface area contributed by atoms with Crippen LogP contribution in [0.15, 0.2) is 78.4 Å². The van der Waals surface area contributed by atoms with Gasteiger partial charge in [0, 0.05) is 17.1 Å². The second kappa shape index (κ2) is 10.9. The van der Waals surface area contributed by atoms with Crippen molar-refractivity contribution in [2.45, 2.75) is 26.4 Å². The van der Waals surface area contributed by atoms with E-state index >= 15 is 0 Å². The van der Waals surface area contributed by atoms with Crippen molar-refractivity contribution in [2.24, 2.45) is 5.92 Å². The van der Waals surface area contributed by atoms with Crippen LogP contribution in [0.2, 0.25) is 5.02 Å². The van der Waals surface area contributed by atoms with Crippen LogP contribution >= 0.6 is 11.6 Å². The van der Waals surface area contributed by atoms with Gasteiger partial charge >= 0.3 is 0 Å². The Labute approximate surface area is 215 Å². The maximum Gasteiger partial charge on any atom is 0.295 e. The fourth-order valence-corrected chi connectivity index (χ4v) is 4.22. The highest BCUT2D eigenvalue weighted by Gasteiger charge is 2.46. The Bertz CT molecular complexity index is 1260. The first kappa shape index (κ1) is 25.3. The number of carbonyl (C=O) groups is 2. The van der Waals surface area contributed by atoms with Gasteiger partial charge in [0.15, 0.2) is 0 Å². The van der Waals surface area contributed by atoms with Crippen molar-refractivity contribution >= 4 is 29.1 Å². The molecule has 0 aliphatic carbocycles. The van der Waals surface area contributed by atoms with Crippen LogP contribution in [-0.4, -0.2) is 35.4 Å². The summed E-state index contributed by atoms with van der Waals surface area (Å²) in [5, 5.41) is 11.8. The van der Waals surface area contributed by atoms with Crippen molar-refractivity contribution in [3.8, 4) is 11.5 Å². The average molecular weight is 506 g/mol. The zero-order chi connectivity index (χ0) is 25.8. The molecule has 1 unspecified atom stereocenters. The summed E-state index contributed by atoms with van der Waals surface area (Å²) in [6.45, 7) is 4.86. The van der Waals surface area contributed by atoms with Crippen LogP contribution in [0.1, 0.15) is 36.6 Å². The lowest BCUT2D eigenvalue weighted by Gasteiger charge is -2.25. The Hall–Kier alpha value is -3.77. The number of nitrogens with zero attached hydrogens (tertiary/aromatic N) is 1. The van der Waals surface area contributed by atoms with Crippen LogP contribution in [0.3, 0.4) is 0 Å². The number of carbonyl (C=O) groups excluding carboxylic acids is 2. The van der Waals surface area contributed by atoms with Crippen molar-refractivity contribution in [3.05, 3.63) is 100 Å². The largest absolute Gasteiger partial charge is 0.507 e. The number of ether oxygens (including phenoxy) is 2. The minimum atomic E-state index is -0.777. The number of aliphatic hydroxyl groups excluding tert-OH is 1. The SMILES string of the molecule is COc1ccc(CN2C(=O)C(=O)/C(=C(\O)c3ccc(OCC(C)C)cc3)C2c2ccc(Cl)cc2)cc1. The summed E-state index contributed by atoms with van der Waals surface area (Å²) in [5.41, 5.74) is 1.95. The van der Waals surface area contributed by atoms with Crippen LogP contribution in [0.5, 0.6) is 11.5 Å². The Balaban J connectivity index is 1.74. The highest BCUT2D eigenvalue weighted by Crippen LogP contribution is 2.40. The normalized spacial score (nSPS) is 17.0. The maximum absolute atomic E-state index is 13.2. The third-order valence-electron chi connectivity index (χ3n) is 5.95. The topological polar surface area (TPSA) is 76.1 Å². The van der Waals surface area contributed by atoms with Gasteiger partial charge in [0.2, 0.25) is 0 Å². The summed E-state index contributed by atoms with van der Waals surface area (Å²) in [4.78, 5) is 27.9. The number of hydrogen-bond acceptors (Lipinski definition) is 5. The average Bonchev–Trinajstić information content (AvgIpc) is 3.13. The fourth-order valence-electron chi connectivity index (χ4n) is 4.09. The van der Waals surface area contributed by atoms with Gasteiger partial charge in [-0.1, -0.05) is 49.7 Å². The number of Topliss-reactive ketones (excluding diaryl/α,β-unsaturated/α-hetero) is 1. The second-order valence-electron chi connectivity index (χ2n) is 9.06. The molecule has 3 aromatic rings. The predicted octanol–water partition coefficient (Wildman–Crippen LogP) is 6.01. The van der Waals surface area contributed by atoms with E-state index in [-0.39, 0.29) is 17.9 Å². The first-order valence-electron chi connectivity index (χ1n) is 11.7. The molecule has 1 saturated heterocycles. The molecule has 186 valence electrons. The van der Waals surface area contributed by atoms with Crippen molar-refractivity contribution < 1.29 is 24.2 Å². The third kappa shape index (κ3) is 5.39. The molecule has 1 aliphatic heterocycles. The van der Waals surface area contributed by atoms with Gasteiger partial charge in [0.1, 0.15) is 17.3 Å². The third-order valence-corrected chi connectivity index (χ3v) is 6.20. The van der Waals surface area contributed by atoms with Crippen LogP contribution in [0.25, 0.3) is 5.76 Å². The van der Waals surface area contributed by atoms with Gasteiger partial charge in [-0.2, -0.15) is 0 Å². The van der Waals surface area contributed by atoms with Gasteiger partial charge in [0.25, 0.3) is 11.7 Å². The molecule has 0 radical (unpaired) electrons. The summed E-state index contributed by atoms with van der Waals surface area (Å²) >= 11 is 6.09. The lowest BCUT2D eigenvalue weighted by Crippen LogP contribution is -2.29. The van der Waals surface area contributed by atoms with Gasteiger partial charge in [-0.15, -0.1) is 0 Å². The van der Waals surface area contributed by atoms with E-state index in [1.165, 1.54) is 4.90 Å². The zero-order valence-electron chi connectivity index (χ0n) is 20.4. The Kier molecular flexibility index (Phi) is 7.65. The molecule has 1 fully saturated rings. The molecule has 0 aromatic heterocycles.